The maximum atomic E-state index is 12.9. The third-order valence-corrected chi connectivity index (χ3v) is 3.03. The number of pyridine rings is 1. The van der Waals surface area contributed by atoms with Gasteiger partial charge in [-0.05, 0) is 31.9 Å². The summed E-state index contributed by atoms with van der Waals surface area (Å²) in [5.74, 6) is -0.291. The smallest absolute Gasteiger partial charge is 0.141 e. The summed E-state index contributed by atoms with van der Waals surface area (Å²) in [6.45, 7) is 5.55. The Morgan fingerprint density at radius 2 is 2.38 bits per heavy atom. The summed E-state index contributed by atoms with van der Waals surface area (Å²) in [6, 6.07) is 1.82. The van der Waals surface area contributed by atoms with E-state index in [9.17, 15) is 4.39 Å². The molecule has 1 unspecified atom stereocenters. The molecule has 0 bridgehead atoms. The van der Waals surface area contributed by atoms with E-state index in [0.29, 0.717) is 12.6 Å². The summed E-state index contributed by atoms with van der Waals surface area (Å²) in [6.07, 6.45) is 3.89. The Morgan fingerprint density at radius 1 is 1.56 bits per heavy atom. The summed E-state index contributed by atoms with van der Waals surface area (Å²) < 4.78 is 18.5. The van der Waals surface area contributed by atoms with Gasteiger partial charge in [-0.25, -0.2) is 4.39 Å². The van der Waals surface area contributed by atoms with Crippen LogP contribution in [0.2, 0.25) is 0 Å². The second-order valence-electron chi connectivity index (χ2n) is 4.69. The molecule has 16 heavy (non-hydrogen) atoms. The van der Waals surface area contributed by atoms with Crippen LogP contribution in [0.15, 0.2) is 18.5 Å². The quantitative estimate of drug-likeness (QED) is 0.851. The molecular weight excluding hydrogens is 207 g/mol. The van der Waals surface area contributed by atoms with Crippen molar-refractivity contribution in [3.63, 3.8) is 0 Å². The Hall–Kier alpha value is -1.00. The Kier molecular flexibility index (Phi) is 3.21. The molecule has 0 saturated carbocycles. The van der Waals surface area contributed by atoms with Crippen molar-refractivity contribution in [3.8, 4) is 0 Å². The third kappa shape index (κ3) is 2.57. The Balaban J connectivity index is 1.92. The van der Waals surface area contributed by atoms with Gasteiger partial charge in [-0.3, -0.25) is 4.98 Å². The zero-order valence-electron chi connectivity index (χ0n) is 9.66. The highest BCUT2D eigenvalue weighted by atomic mass is 19.1. The van der Waals surface area contributed by atoms with Crippen molar-refractivity contribution < 1.29 is 9.13 Å². The lowest BCUT2D eigenvalue weighted by Crippen LogP contribution is -2.42. The van der Waals surface area contributed by atoms with E-state index in [2.05, 4.69) is 24.1 Å². The first kappa shape index (κ1) is 11.5. The first-order chi connectivity index (χ1) is 7.58. The maximum absolute atomic E-state index is 12.9. The van der Waals surface area contributed by atoms with Crippen LogP contribution < -0.4 is 5.32 Å². The molecule has 0 spiro atoms. The van der Waals surface area contributed by atoms with Crippen LogP contribution in [-0.2, 0) is 11.3 Å². The molecule has 1 aliphatic rings. The zero-order valence-corrected chi connectivity index (χ0v) is 9.66. The Labute approximate surface area is 95.0 Å². The minimum absolute atomic E-state index is 0.138. The van der Waals surface area contributed by atoms with Gasteiger partial charge in [-0.1, -0.05) is 0 Å². The van der Waals surface area contributed by atoms with E-state index in [1.54, 1.807) is 6.20 Å². The van der Waals surface area contributed by atoms with Crippen molar-refractivity contribution in [1.29, 1.82) is 0 Å². The average molecular weight is 224 g/mol. The normalized spacial score (nSPS) is 23.6. The van der Waals surface area contributed by atoms with Gasteiger partial charge in [0.15, 0.2) is 0 Å². The Bertz CT molecular complexity index is 368. The number of aromatic nitrogens is 1. The number of nitrogens with zero attached hydrogens (tertiary/aromatic N) is 1. The van der Waals surface area contributed by atoms with Gasteiger partial charge in [0.25, 0.3) is 0 Å². The number of hydrogen-bond acceptors (Lipinski definition) is 3. The molecule has 1 aromatic heterocycles. The SMILES string of the molecule is CC1(C)OCCC1NCc1cncc(F)c1. The van der Waals surface area contributed by atoms with Gasteiger partial charge in [0.1, 0.15) is 5.82 Å². The molecule has 1 fully saturated rings. The first-order valence-electron chi connectivity index (χ1n) is 5.55. The van der Waals surface area contributed by atoms with Crippen LogP contribution in [0, 0.1) is 5.82 Å². The molecule has 1 saturated heterocycles. The van der Waals surface area contributed by atoms with E-state index >= 15 is 0 Å². The molecule has 1 atom stereocenters. The number of nitrogens with one attached hydrogen (secondary N) is 1. The number of rotatable bonds is 3. The van der Waals surface area contributed by atoms with E-state index in [-0.39, 0.29) is 11.4 Å². The van der Waals surface area contributed by atoms with E-state index in [4.69, 9.17) is 4.74 Å². The maximum Gasteiger partial charge on any atom is 0.141 e. The number of ether oxygens (including phenoxy) is 1. The van der Waals surface area contributed by atoms with Gasteiger partial charge in [0, 0.05) is 25.4 Å². The van der Waals surface area contributed by atoms with Gasteiger partial charge in [0.05, 0.1) is 11.8 Å². The van der Waals surface area contributed by atoms with E-state index in [0.717, 1.165) is 18.6 Å². The molecule has 0 aromatic carbocycles. The van der Waals surface area contributed by atoms with Crippen molar-refractivity contribution >= 4 is 0 Å². The lowest BCUT2D eigenvalue weighted by atomic mass is 9.99. The first-order valence-corrected chi connectivity index (χ1v) is 5.55. The van der Waals surface area contributed by atoms with Crippen molar-refractivity contribution in [2.75, 3.05) is 6.61 Å². The third-order valence-electron chi connectivity index (χ3n) is 3.03. The molecule has 4 heteroatoms. The molecule has 0 aliphatic carbocycles. The van der Waals surface area contributed by atoms with Crippen molar-refractivity contribution in [2.24, 2.45) is 0 Å². The highest BCUT2D eigenvalue weighted by molar-refractivity contribution is 5.10. The summed E-state index contributed by atoms with van der Waals surface area (Å²) in [5, 5.41) is 3.38. The number of halogens is 1. The van der Waals surface area contributed by atoms with Crippen LogP contribution in [0.1, 0.15) is 25.8 Å². The summed E-state index contributed by atoms with van der Waals surface area (Å²) in [5.41, 5.74) is 0.725. The Morgan fingerprint density at radius 3 is 3.00 bits per heavy atom. The van der Waals surface area contributed by atoms with Gasteiger partial charge in [-0.2, -0.15) is 0 Å². The number of hydrogen-bond donors (Lipinski definition) is 1. The second-order valence-corrected chi connectivity index (χ2v) is 4.69. The molecule has 1 N–H and O–H groups in total. The van der Waals surface area contributed by atoms with Crippen LogP contribution in [-0.4, -0.2) is 23.2 Å². The lowest BCUT2D eigenvalue weighted by Gasteiger charge is -2.26. The van der Waals surface area contributed by atoms with Gasteiger partial charge in [0.2, 0.25) is 0 Å². The van der Waals surface area contributed by atoms with E-state index < -0.39 is 0 Å². The molecule has 0 amide bonds. The largest absolute Gasteiger partial charge is 0.374 e. The second kappa shape index (κ2) is 4.47. The minimum atomic E-state index is -0.291. The van der Waals surface area contributed by atoms with Crippen LogP contribution in [0.3, 0.4) is 0 Å². The van der Waals surface area contributed by atoms with Crippen molar-refractivity contribution in [1.82, 2.24) is 10.3 Å². The topological polar surface area (TPSA) is 34.1 Å². The minimum Gasteiger partial charge on any atom is -0.374 e. The molecule has 3 nitrogen and oxygen atoms in total. The fourth-order valence-electron chi connectivity index (χ4n) is 2.03. The fraction of sp³-hybridized carbons (Fsp3) is 0.583. The highest BCUT2D eigenvalue weighted by Gasteiger charge is 2.35. The molecule has 2 rings (SSSR count). The monoisotopic (exact) mass is 224 g/mol. The zero-order chi connectivity index (χ0) is 11.6. The highest BCUT2D eigenvalue weighted by Crippen LogP contribution is 2.25. The standard InChI is InChI=1S/C12H17FN2O/c1-12(2)11(3-4-16-12)15-7-9-5-10(13)8-14-6-9/h5-6,8,11,15H,3-4,7H2,1-2H3. The molecule has 0 radical (unpaired) electrons. The molecule has 1 aromatic rings. The molecular formula is C12H17FN2O. The van der Waals surface area contributed by atoms with Gasteiger partial charge >= 0.3 is 0 Å². The fourth-order valence-corrected chi connectivity index (χ4v) is 2.03. The van der Waals surface area contributed by atoms with Crippen LogP contribution in [0.25, 0.3) is 0 Å². The summed E-state index contributed by atoms with van der Waals surface area (Å²) >= 11 is 0. The predicted molar refractivity (Wildman–Crippen MR) is 59.5 cm³/mol. The van der Waals surface area contributed by atoms with Crippen molar-refractivity contribution in [3.05, 3.63) is 29.8 Å². The molecule has 1 aliphatic heterocycles. The lowest BCUT2D eigenvalue weighted by molar-refractivity contribution is 0.0214. The summed E-state index contributed by atoms with van der Waals surface area (Å²) in [4.78, 5) is 3.82. The molecule has 88 valence electrons. The van der Waals surface area contributed by atoms with Crippen LogP contribution in [0.4, 0.5) is 4.39 Å². The predicted octanol–water partition coefficient (Wildman–Crippen LogP) is 1.88. The van der Waals surface area contributed by atoms with E-state index in [1.165, 1.54) is 12.3 Å². The van der Waals surface area contributed by atoms with Crippen molar-refractivity contribution in [2.45, 2.75) is 38.5 Å². The molecule has 2 heterocycles. The summed E-state index contributed by atoms with van der Waals surface area (Å²) in [7, 11) is 0. The average Bonchev–Trinajstić information content (AvgIpc) is 2.55. The van der Waals surface area contributed by atoms with Crippen LogP contribution in [0.5, 0.6) is 0 Å². The van der Waals surface area contributed by atoms with E-state index in [1.807, 2.05) is 0 Å². The van der Waals surface area contributed by atoms with Gasteiger partial charge in [-0.15, -0.1) is 0 Å². The van der Waals surface area contributed by atoms with Gasteiger partial charge < -0.3 is 10.1 Å². The van der Waals surface area contributed by atoms with Crippen LogP contribution >= 0.6 is 0 Å².